The van der Waals surface area contributed by atoms with Crippen LogP contribution < -0.4 is 10.0 Å². The van der Waals surface area contributed by atoms with Crippen LogP contribution in [0.25, 0.3) is 6.08 Å². The van der Waals surface area contributed by atoms with Crippen LogP contribution in [-0.2, 0) is 14.8 Å². The summed E-state index contributed by atoms with van der Waals surface area (Å²) in [4.78, 5) is 12.0. The first-order chi connectivity index (χ1) is 11.3. The molecular formula is C17H20N2O4S. The van der Waals surface area contributed by atoms with E-state index in [4.69, 9.17) is 4.42 Å². The smallest absolute Gasteiger partial charge is 0.248 e. The molecule has 0 bridgehead atoms. The summed E-state index contributed by atoms with van der Waals surface area (Å²) in [5.74, 6) is 1.02. The molecule has 1 heterocycles. The molecule has 0 saturated carbocycles. The fourth-order valence-electron chi connectivity index (χ4n) is 1.98. The number of carbonyl (C=O) groups excluding carboxylic acids is 1. The van der Waals surface area contributed by atoms with E-state index in [0.717, 1.165) is 5.76 Å². The van der Waals surface area contributed by atoms with E-state index in [0.29, 0.717) is 11.4 Å². The van der Waals surface area contributed by atoms with Crippen LogP contribution in [0.15, 0.2) is 51.8 Å². The lowest BCUT2D eigenvalue weighted by molar-refractivity contribution is -0.111. The highest BCUT2D eigenvalue weighted by molar-refractivity contribution is 7.89. The summed E-state index contributed by atoms with van der Waals surface area (Å²) in [5.41, 5.74) is 0.503. The third-order valence-corrected chi connectivity index (χ3v) is 4.66. The Morgan fingerprint density at radius 2 is 1.79 bits per heavy atom. The molecule has 0 atom stereocenters. The molecule has 0 aliphatic carbocycles. The molecule has 0 fully saturated rings. The van der Waals surface area contributed by atoms with Crippen LogP contribution in [0.1, 0.15) is 25.4 Å². The number of hydrogen-bond donors (Lipinski definition) is 2. The number of amides is 1. The highest BCUT2D eigenvalue weighted by Gasteiger charge is 2.14. The Kier molecular flexibility index (Phi) is 5.58. The Bertz CT molecular complexity index is 834. The minimum absolute atomic E-state index is 0.149. The molecule has 1 amide bonds. The molecule has 128 valence electrons. The summed E-state index contributed by atoms with van der Waals surface area (Å²) < 4.78 is 31.9. The molecule has 24 heavy (non-hydrogen) atoms. The van der Waals surface area contributed by atoms with Gasteiger partial charge in [0, 0.05) is 17.8 Å². The van der Waals surface area contributed by atoms with Gasteiger partial charge in [0.2, 0.25) is 15.9 Å². The molecule has 0 aliphatic heterocycles. The number of aryl methyl sites for hydroxylation is 1. The van der Waals surface area contributed by atoms with Gasteiger partial charge in [-0.05, 0) is 63.2 Å². The first-order valence-corrected chi connectivity index (χ1v) is 8.92. The maximum atomic E-state index is 12.0. The average molecular weight is 348 g/mol. The van der Waals surface area contributed by atoms with Gasteiger partial charge in [0.15, 0.2) is 0 Å². The van der Waals surface area contributed by atoms with Crippen molar-refractivity contribution >= 4 is 27.7 Å². The van der Waals surface area contributed by atoms with Gasteiger partial charge in [0.25, 0.3) is 0 Å². The first kappa shape index (κ1) is 18.0. The van der Waals surface area contributed by atoms with E-state index in [9.17, 15) is 13.2 Å². The molecule has 7 heteroatoms. The highest BCUT2D eigenvalue weighted by Crippen LogP contribution is 2.15. The van der Waals surface area contributed by atoms with E-state index in [1.54, 1.807) is 26.0 Å². The quantitative estimate of drug-likeness (QED) is 0.786. The van der Waals surface area contributed by atoms with Crippen LogP contribution in [0.5, 0.6) is 0 Å². The molecule has 0 unspecified atom stereocenters. The SMILES string of the molecule is Cc1ccc(C=CC(=O)Nc2ccc(S(=O)(=O)NC(C)C)cc2)o1. The Morgan fingerprint density at radius 3 is 2.33 bits per heavy atom. The van der Waals surface area contributed by atoms with Crippen molar-refractivity contribution in [2.24, 2.45) is 0 Å². The zero-order chi connectivity index (χ0) is 17.7. The van der Waals surface area contributed by atoms with Gasteiger partial charge in [-0.15, -0.1) is 0 Å². The summed E-state index contributed by atoms with van der Waals surface area (Å²) >= 11 is 0. The van der Waals surface area contributed by atoms with Crippen LogP contribution >= 0.6 is 0 Å². The zero-order valence-electron chi connectivity index (χ0n) is 13.7. The van der Waals surface area contributed by atoms with Gasteiger partial charge < -0.3 is 9.73 Å². The van der Waals surface area contributed by atoms with Crippen LogP contribution in [0.4, 0.5) is 5.69 Å². The lowest BCUT2D eigenvalue weighted by Crippen LogP contribution is -2.30. The second-order valence-electron chi connectivity index (χ2n) is 5.57. The van der Waals surface area contributed by atoms with Crippen molar-refractivity contribution in [3.8, 4) is 0 Å². The fourth-order valence-corrected chi connectivity index (χ4v) is 3.23. The highest BCUT2D eigenvalue weighted by atomic mass is 32.2. The van der Waals surface area contributed by atoms with Gasteiger partial charge in [-0.1, -0.05) is 0 Å². The van der Waals surface area contributed by atoms with E-state index in [1.807, 2.05) is 13.0 Å². The molecule has 6 nitrogen and oxygen atoms in total. The summed E-state index contributed by atoms with van der Waals surface area (Å²) in [7, 11) is -3.54. The molecule has 2 aromatic rings. The van der Waals surface area contributed by atoms with Gasteiger partial charge in [0.1, 0.15) is 11.5 Å². The fraction of sp³-hybridized carbons (Fsp3) is 0.235. The van der Waals surface area contributed by atoms with Crippen LogP contribution in [0.3, 0.4) is 0 Å². The standard InChI is InChI=1S/C17H20N2O4S/c1-12(2)19-24(21,22)16-9-5-14(6-10-16)18-17(20)11-8-15-7-4-13(3)23-15/h4-12,19H,1-3H3,(H,18,20). The number of benzene rings is 1. The van der Waals surface area contributed by atoms with Gasteiger partial charge in [-0.3, -0.25) is 4.79 Å². The van der Waals surface area contributed by atoms with E-state index in [1.165, 1.54) is 30.3 Å². The van der Waals surface area contributed by atoms with Crippen LogP contribution in [0, 0.1) is 6.92 Å². The van der Waals surface area contributed by atoms with E-state index >= 15 is 0 Å². The molecular weight excluding hydrogens is 328 g/mol. The lowest BCUT2D eigenvalue weighted by Gasteiger charge is -2.10. The third kappa shape index (κ3) is 5.07. The predicted octanol–water partition coefficient (Wildman–Crippen LogP) is 2.93. The monoisotopic (exact) mass is 348 g/mol. The van der Waals surface area contributed by atoms with Crippen molar-refractivity contribution in [1.82, 2.24) is 4.72 Å². The topological polar surface area (TPSA) is 88.4 Å². The van der Waals surface area contributed by atoms with Gasteiger partial charge in [-0.2, -0.15) is 0 Å². The van der Waals surface area contributed by atoms with Gasteiger partial charge in [-0.25, -0.2) is 13.1 Å². The number of rotatable bonds is 6. The minimum atomic E-state index is -3.54. The molecule has 0 saturated heterocycles. The second-order valence-corrected chi connectivity index (χ2v) is 7.29. The van der Waals surface area contributed by atoms with Crippen molar-refractivity contribution in [3.05, 3.63) is 54.0 Å². The lowest BCUT2D eigenvalue weighted by atomic mass is 10.3. The van der Waals surface area contributed by atoms with Crippen molar-refractivity contribution in [2.45, 2.75) is 31.7 Å². The van der Waals surface area contributed by atoms with Crippen molar-refractivity contribution in [1.29, 1.82) is 0 Å². The summed E-state index contributed by atoms with van der Waals surface area (Å²) in [6.07, 6.45) is 2.91. The van der Waals surface area contributed by atoms with Gasteiger partial charge in [0.05, 0.1) is 4.90 Å². The number of carbonyl (C=O) groups is 1. The number of anilines is 1. The number of sulfonamides is 1. The molecule has 0 radical (unpaired) electrons. The maximum Gasteiger partial charge on any atom is 0.248 e. The Labute approximate surface area is 141 Å². The van der Waals surface area contributed by atoms with Crippen molar-refractivity contribution in [2.75, 3.05) is 5.32 Å². The Hall–Kier alpha value is -2.38. The number of furan rings is 1. The minimum Gasteiger partial charge on any atom is -0.462 e. The number of nitrogens with one attached hydrogen (secondary N) is 2. The first-order valence-electron chi connectivity index (χ1n) is 7.44. The van der Waals surface area contributed by atoms with E-state index < -0.39 is 10.0 Å². The molecule has 2 N–H and O–H groups in total. The Balaban J connectivity index is 2.01. The van der Waals surface area contributed by atoms with Crippen LogP contribution in [0.2, 0.25) is 0 Å². The maximum absolute atomic E-state index is 12.0. The van der Waals surface area contributed by atoms with Crippen molar-refractivity contribution < 1.29 is 17.6 Å². The summed E-state index contributed by atoms with van der Waals surface area (Å²) in [6, 6.07) is 9.35. The molecule has 0 spiro atoms. The second kappa shape index (κ2) is 7.46. The normalized spacial score (nSPS) is 12.0. The zero-order valence-corrected chi connectivity index (χ0v) is 14.6. The van der Waals surface area contributed by atoms with Crippen molar-refractivity contribution in [3.63, 3.8) is 0 Å². The molecule has 1 aromatic heterocycles. The largest absolute Gasteiger partial charge is 0.462 e. The summed E-state index contributed by atoms with van der Waals surface area (Å²) in [6.45, 7) is 5.32. The van der Waals surface area contributed by atoms with E-state index in [-0.39, 0.29) is 16.8 Å². The average Bonchev–Trinajstić information content (AvgIpc) is 2.90. The molecule has 2 rings (SSSR count). The molecule has 0 aliphatic rings. The van der Waals surface area contributed by atoms with E-state index in [2.05, 4.69) is 10.0 Å². The van der Waals surface area contributed by atoms with Gasteiger partial charge >= 0.3 is 0 Å². The van der Waals surface area contributed by atoms with Crippen LogP contribution in [-0.4, -0.2) is 20.4 Å². The predicted molar refractivity (Wildman–Crippen MR) is 93.0 cm³/mol. The number of hydrogen-bond acceptors (Lipinski definition) is 4. The Morgan fingerprint density at radius 1 is 1.12 bits per heavy atom. The molecule has 1 aromatic carbocycles. The third-order valence-electron chi connectivity index (χ3n) is 2.98. The summed E-state index contributed by atoms with van der Waals surface area (Å²) in [5, 5.41) is 2.66.